The van der Waals surface area contributed by atoms with Crippen LogP contribution in [0.2, 0.25) is 0 Å². The van der Waals surface area contributed by atoms with Crippen LogP contribution in [0.25, 0.3) is 0 Å². The number of ether oxygens (including phenoxy) is 1. The van der Waals surface area contributed by atoms with Crippen molar-refractivity contribution in [1.82, 2.24) is 5.32 Å². The van der Waals surface area contributed by atoms with Crippen LogP contribution in [-0.4, -0.2) is 30.4 Å². The van der Waals surface area contributed by atoms with Crippen molar-refractivity contribution in [3.63, 3.8) is 0 Å². The minimum atomic E-state index is -0.946. The van der Waals surface area contributed by atoms with Gasteiger partial charge in [-0.05, 0) is 36.6 Å². The molecule has 0 aromatic heterocycles. The van der Waals surface area contributed by atoms with E-state index in [1.807, 2.05) is 0 Å². The maximum Gasteiger partial charge on any atom is 0.243 e. The van der Waals surface area contributed by atoms with Gasteiger partial charge >= 0.3 is 0 Å². The van der Waals surface area contributed by atoms with E-state index in [2.05, 4.69) is 5.32 Å². The molecule has 0 aliphatic carbocycles. The second-order valence-electron chi connectivity index (χ2n) is 5.30. The second-order valence-corrected chi connectivity index (χ2v) is 6.44. The quantitative estimate of drug-likeness (QED) is 0.870. The lowest BCUT2D eigenvalue weighted by Gasteiger charge is -2.29. The van der Waals surface area contributed by atoms with Gasteiger partial charge in [-0.15, -0.1) is 11.8 Å². The fourth-order valence-corrected chi connectivity index (χ4v) is 3.68. The lowest BCUT2D eigenvalue weighted by molar-refractivity contribution is -0.127. The molecule has 3 N–H and O–H groups in total. The number of nitrogens with one attached hydrogen (secondary N) is 1. The number of rotatable bonds is 2. The van der Waals surface area contributed by atoms with Crippen LogP contribution in [0.1, 0.15) is 24.4 Å². The van der Waals surface area contributed by atoms with Crippen molar-refractivity contribution in [2.24, 2.45) is 5.73 Å². The summed E-state index contributed by atoms with van der Waals surface area (Å²) in [6.07, 6.45) is 1.31. The average Bonchev–Trinajstić information content (AvgIpc) is 2.88. The highest BCUT2D eigenvalue weighted by molar-refractivity contribution is 7.99. The predicted molar refractivity (Wildman–Crippen MR) is 75.0 cm³/mol. The molecule has 2 atom stereocenters. The summed E-state index contributed by atoms with van der Waals surface area (Å²) in [7, 11) is 0. The molecule has 0 spiro atoms. The van der Waals surface area contributed by atoms with Gasteiger partial charge in [-0.3, -0.25) is 4.79 Å². The monoisotopic (exact) mass is 296 g/mol. The molecule has 2 aliphatic heterocycles. The number of amides is 1. The van der Waals surface area contributed by atoms with Crippen molar-refractivity contribution in [2.75, 3.05) is 19.0 Å². The first kappa shape index (κ1) is 13.9. The summed E-state index contributed by atoms with van der Waals surface area (Å²) in [6.45, 7) is 0.756. The second kappa shape index (κ2) is 5.35. The normalized spacial score (nSPS) is 29.0. The molecular weight excluding hydrogens is 279 g/mol. The van der Waals surface area contributed by atoms with E-state index < -0.39 is 5.54 Å². The van der Waals surface area contributed by atoms with Gasteiger partial charge in [0.1, 0.15) is 11.4 Å². The molecule has 0 saturated carbocycles. The number of hydrogen-bond acceptors (Lipinski definition) is 4. The van der Waals surface area contributed by atoms with Gasteiger partial charge in [0.2, 0.25) is 5.91 Å². The molecule has 108 valence electrons. The Kier molecular flexibility index (Phi) is 3.70. The molecule has 1 fully saturated rings. The first-order valence-electron chi connectivity index (χ1n) is 6.68. The highest BCUT2D eigenvalue weighted by Gasteiger charge is 2.39. The maximum absolute atomic E-state index is 13.4. The van der Waals surface area contributed by atoms with Gasteiger partial charge in [-0.1, -0.05) is 0 Å². The summed E-state index contributed by atoms with van der Waals surface area (Å²) < 4.78 is 18.6. The van der Waals surface area contributed by atoms with Crippen LogP contribution in [0.5, 0.6) is 0 Å². The zero-order valence-corrected chi connectivity index (χ0v) is 11.8. The molecular formula is C14H17FN2O2S. The third-order valence-electron chi connectivity index (χ3n) is 3.82. The summed E-state index contributed by atoms with van der Waals surface area (Å²) in [6, 6.07) is 4.55. The summed E-state index contributed by atoms with van der Waals surface area (Å²) >= 11 is 1.69. The highest BCUT2D eigenvalue weighted by Crippen LogP contribution is 2.36. The number of hydrogen-bond donors (Lipinski definition) is 2. The van der Waals surface area contributed by atoms with Crippen molar-refractivity contribution in [1.29, 1.82) is 0 Å². The Balaban J connectivity index is 1.79. The molecule has 3 rings (SSSR count). The summed E-state index contributed by atoms with van der Waals surface area (Å²) in [5.41, 5.74) is 5.95. The number of thioether (sulfide) groups is 1. The van der Waals surface area contributed by atoms with E-state index >= 15 is 0 Å². The molecule has 0 bridgehead atoms. The Morgan fingerprint density at radius 2 is 2.40 bits per heavy atom. The zero-order chi connectivity index (χ0) is 14.2. The smallest absolute Gasteiger partial charge is 0.243 e. The van der Waals surface area contributed by atoms with E-state index in [0.29, 0.717) is 13.0 Å². The number of benzene rings is 1. The van der Waals surface area contributed by atoms with E-state index in [4.69, 9.17) is 10.5 Å². The average molecular weight is 296 g/mol. The van der Waals surface area contributed by atoms with Crippen LogP contribution < -0.4 is 11.1 Å². The molecule has 2 heterocycles. The molecule has 20 heavy (non-hydrogen) atoms. The highest BCUT2D eigenvalue weighted by atomic mass is 32.2. The van der Waals surface area contributed by atoms with Gasteiger partial charge in [-0.25, -0.2) is 4.39 Å². The van der Waals surface area contributed by atoms with E-state index in [9.17, 15) is 9.18 Å². The Hall–Kier alpha value is -1.11. The van der Waals surface area contributed by atoms with Gasteiger partial charge in [-0.2, -0.15) is 0 Å². The third-order valence-corrected chi connectivity index (χ3v) is 4.94. The predicted octanol–water partition coefficient (Wildman–Crippen LogP) is 1.60. The van der Waals surface area contributed by atoms with Crippen LogP contribution in [0.3, 0.4) is 0 Å². The molecule has 4 nitrogen and oxygen atoms in total. The van der Waals surface area contributed by atoms with Crippen molar-refractivity contribution in [2.45, 2.75) is 29.3 Å². The Morgan fingerprint density at radius 3 is 3.15 bits per heavy atom. The van der Waals surface area contributed by atoms with E-state index in [1.54, 1.807) is 17.8 Å². The number of nitrogens with two attached hydrogens (primary N) is 1. The van der Waals surface area contributed by atoms with Crippen molar-refractivity contribution in [3.05, 3.63) is 29.6 Å². The van der Waals surface area contributed by atoms with Crippen LogP contribution in [0.15, 0.2) is 23.1 Å². The van der Waals surface area contributed by atoms with E-state index in [-0.39, 0.29) is 24.4 Å². The molecule has 2 unspecified atom stereocenters. The molecule has 1 aromatic rings. The minimum absolute atomic E-state index is 0.171. The summed E-state index contributed by atoms with van der Waals surface area (Å²) in [4.78, 5) is 13.3. The van der Waals surface area contributed by atoms with E-state index in [0.717, 1.165) is 22.6 Å². The topological polar surface area (TPSA) is 64.4 Å². The first-order valence-corrected chi connectivity index (χ1v) is 7.67. The van der Waals surface area contributed by atoms with Gasteiger partial charge in [0.25, 0.3) is 0 Å². The van der Waals surface area contributed by atoms with Crippen molar-refractivity contribution in [3.8, 4) is 0 Å². The Morgan fingerprint density at radius 1 is 1.55 bits per heavy atom. The number of carbonyl (C=O) groups is 1. The van der Waals surface area contributed by atoms with Gasteiger partial charge in [0, 0.05) is 17.3 Å². The molecule has 1 aromatic carbocycles. The summed E-state index contributed by atoms with van der Waals surface area (Å²) in [5.74, 6) is 0.414. The number of carbonyl (C=O) groups excluding carboxylic acids is 1. The number of halogens is 1. The van der Waals surface area contributed by atoms with Gasteiger partial charge < -0.3 is 15.8 Å². The fraction of sp³-hybridized carbons (Fsp3) is 0.500. The van der Waals surface area contributed by atoms with Crippen LogP contribution in [-0.2, 0) is 9.53 Å². The van der Waals surface area contributed by atoms with E-state index in [1.165, 1.54) is 12.1 Å². The maximum atomic E-state index is 13.4. The van der Waals surface area contributed by atoms with Crippen LogP contribution in [0, 0.1) is 5.82 Å². The lowest BCUT2D eigenvalue weighted by Crippen LogP contribution is -2.55. The number of fused-ring (bicyclic) bond motifs is 1. The van der Waals surface area contributed by atoms with Crippen LogP contribution >= 0.6 is 11.8 Å². The van der Waals surface area contributed by atoms with Crippen molar-refractivity contribution < 1.29 is 13.9 Å². The lowest BCUT2D eigenvalue weighted by atomic mass is 9.96. The summed E-state index contributed by atoms with van der Waals surface area (Å²) in [5, 5.41) is 2.96. The molecule has 6 heteroatoms. The largest absolute Gasteiger partial charge is 0.379 e. The first-order chi connectivity index (χ1) is 9.58. The SMILES string of the molecule is NC1(C(=O)NC2CCSc3ccc(F)cc32)CCOC1. The molecule has 0 radical (unpaired) electrons. The molecule has 2 aliphatic rings. The van der Waals surface area contributed by atoms with Crippen LogP contribution in [0.4, 0.5) is 4.39 Å². The Labute approximate surface area is 121 Å². The fourth-order valence-electron chi connectivity index (χ4n) is 2.58. The van der Waals surface area contributed by atoms with Gasteiger partial charge in [0.15, 0.2) is 0 Å². The zero-order valence-electron chi connectivity index (χ0n) is 11.0. The van der Waals surface area contributed by atoms with Gasteiger partial charge in [0.05, 0.1) is 12.6 Å². The third kappa shape index (κ3) is 2.55. The molecule has 1 saturated heterocycles. The standard InChI is InChI=1S/C14H17FN2O2S/c15-9-1-2-12-10(7-9)11(3-6-20-12)17-13(18)14(16)4-5-19-8-14/h1-2,7,11H,3-6,8,16H2,(H,17,18). The minimum Gasteiger partial charge on any atom is -0.379 e. The molecule has 1 amide bonds. The Bertz CT molecular complexity index is 532. The van der Waals surface area contributed by atoms with Crippen molar-refractivity contribution >= 4 is 17.7 Å².